The highest BCUT2D eigenvalue weighted by atomic mass is 16.5. The van der Waals surface area contributed by atoms with Crippen LogP contribution in [0.3, 0.4) is 0 Å². The third-order valence-corrected chi connectivity index (χ3v) is 7.53. The number of carbonyl (C=O) groups is 3. The molecule has 4 aliphatic heterocycles. The number of hydrogen-bond acceptors (Lipinski definition) is 7. The number of imide groups is 1. The first-order chi connectivity index (χ1) is 18.5. The Balaban J connectivity index is 1.37. The number of aromatic nitrogens is 2. The predicted molar refractivity (Wildman–Crippen MR) is 139 cm³/mol. The number of aliphatic imine (C=N–C) groups is 1. The number of pyridine rings is 1. The summed E-state index contributed by atoms with van der Waals surface area (Å²) in [4.78, 5) is 53.1. The zero-order chi connectivity index (χ0) is 26.0. The maximum atomic E-state index is 13.5. The van der Waals surface area contributed by atoms with Gasteiger partial charge in [-0.25, -0.2) is 4.98 Å². The molecule has 190 valence electrons. The summed E-state index contributed by atoms with van der Waals surface area (Å²) in [5.41, 5.74) is 5.23. The van der Waals surface area contributed by atoms with Crippen molar-refractivity contribution in [2.24, 2.45) is 4.99 Å². The van der Waals surface area contributed by atoms with Crippen LogP contribution >= 0.6 is 0 Å². The maximum absolute atomic E-state index is 13.5. The minimum absolute atomic E-state index is 0.0404. The molecule has 0 radical (unpaired) electrons. The van der Waals surface area contributed by atoms with Gasteiger partial charge in [-0.15, -0.1) is 0 Å². The van der Waals surface area contributed by atoms with Crippen LogP contribution in [0.4, 0.5) is 5.69 Å². The van der Waals surface area contributed by atoms with Gasteiger partial charge in [0.2, 0.25) is 5.91 Å². The number of carbonyl (C=O) groups excluding carboxylic acids is 3. The molecular weight excluding hydrogens is 484 g/mol. The van der Waals surface area contributed by atoms with E-state index in [1.807, 2.05) is 63.7 Å². The maximum Gasteiger partial charge on any atom is 0.261 e. The highest BCUT2D eigenvalue weighted by Crippen LogP contribution is 2.40. The lowest BCUT2D eigenvalue weighted by Crippen LogP contribution is -2.49. The standard InChI is InChI=1S/C28H24N6O4/c1-16-24(34-9-3-2-7-20(34)30-16)22-21(26(35)31-27(22)36)23-18-6-4-5-17-15-19(33(25(17)18)10-8-29-23)28(37)32-11-13-38-14-12-32/h2-10,19H,11-15H2,1H3,(H,31,35,36). The number of aryl methyl sites for hydroxylation is 1. The summed E-state index contributed by atoms with van der Waals surface area (Å²) in [7, 11) is 0. The van der Waals surface area contributed by atoms with Gasteiger partial charge in [-0.2, -0.15) is 0 Å². The lowest BCUT2D eigenvalue weighted by Gasteiger charge is -2.32. The van der Waals surface area contributed by atoms with Crippen molar-refractivity contribution in [2.45, 2.75) is 19.4 Å². The first-order valence-electron chi connectivity index (χ1n) is 12.6. The second-order valence-electron chi connectivity index (χ2n) is 9.66. The van der Waals surface area contributed by atoms with E-state index in [0.29, 0.717) is 61.0 Å². The Morgan fingerprint density at radius 2 is 1.87 bits per heavy atom. The van der Waals surface area contributed by atoms with E-state index in [9.17, 15) is 14.4 Å². The average molecular weight is 509 g/mol. The van der Waals surface area contributed by atoms with Crippen molar-refractivity contribution in [3.63, 3.8) is 0 Å². The molecule has 10 heteroatoms. The fourth-order valence-electron chi connectivity index (χ4n) is 5.86. The molecule has 10 nitrogen and oxygen atoms in total. The molecule has 38 heavy (non-hydrogen) atoms. The van der Waals surface area contributed by atoms with Crippen molar-refractivity contribution >= 4 is 40.3 Å². The molecule has 6 heterocycles. The lowest BCUT2D eigenvalue weighted by atomic mass is 9.94. The average Bonchev–Trinajstić information content (AvgIpc) is 3.50. The van der Waals surface area contributed by atoms with Crippen molar-refractivity contribution in [2.75, 3.05) is 31.2 Å². The second kappa shape index (κ2) is 8.49. The summed E-state index contributed by atoms with van der Waals surface area (Å²) in [6.07, 6.45) is 5.76. The van der Waals surface area contributed by atoms with Crippen LogP contribution in [0.25, 0.3) is 11.2 Å². The van der Waals surface area contributed by atoms with Gasteiger partial charge >= 0.3 is 0 Å². The Morgan fingerprint density at radius 3 is 2.71 bits per heavy atom. The highest BCUT2D eigenvalue weighted by molar-refractivity contribution is 6.47. The van der Waals surface area contributed by atoms with Crippen molar-refractivity contribution in [3.05, 3.63) is 83.1 Å². The zero-order valence-corrected chi connectivity index (χ0v) is 20.7. The van der Waals surface area contributed by atoms with Crippen molar-refractivity contribution in [3.8, 4) is 0 Å². The van der Waals surface area contributed by atoms with Gasteiger partial charge < -0.3 is 14.5 Å². The van der Waals surface area contributed by atoms with Crippen LogP contribution in [0.15, 0.2) is 65.6 Å². The summed E-state index contributed by atoms with van der Waals surface area (Å²) >= 11 is 0. The summed E-state index contributed by atoms with van der Waals surface area (Å²) in [6.45, 7) is 4.01. The van der Waals surface area contributed by atoms with Gasteiger partial charge in [0.15, 0.2) is 0 Å². The minimum Gasteiger partial charge on any atom is -0.378 e. The molecule has 1 fully saturated rings. The quantitative estimate of drug-likeness (QED) is 0.539. The molecule has 1 aromatic carbocycles. The van der Waals surface area contributed by atoms with E-state index < -0.39 is 17.9 Å². The summed E-state index contributed by atoms with van der Waals surface area (Å²) in [5.74, 6) is -0.953. The van der Waals surface area contributed by atoms with E-state index in [1.165, 1.54) is 0 Å². The molecule has 3 aromatic rings. The molecule has 0 saturated carbocycles. The van der Waals surface area contributed by atoms with E-state index in [0.717, 1.165) is 11.3 Å². The van der Waals surface area contributed by atoms with Gasteiger partial charge in [0.25, 0.3) is 11.8 Å². The number of imidazole rings is 1. The van der Waals surface area contributed by atoms with Crippen LogP contribution in [-0.4, -0.2) is 70.1 Å². The van der Waals surface area contributed by atoms with Crippen LogP contribution in [-0.2, 0) is 25.5 Å². The second-order valence-corrected chi connectivity index (χ2v) is 9.66. The number of nitrogens with one attached hydrogen (secondary N) is 1. The molecule has 3 amide bonds. The number of hydrogen-bond donors (Lipinski definition) is 1. The first kappa shape index (κ1) is 22.6. The SMILES string of the molecule is Cc1nc2ccccn2c1C1=C(C2=NC=CN3c4c(cccc42)CC3C(=O)N2CCOCC2)C(=O)NC1=O. The number of anilines is 1. The molecule has 0 spiro atoms. The predicted octanol–water partition coefficient (Wildman–Crippen LogP) is 1.62. The normalized spacial score (nSPS) is 20.7. The fraction of sp³-hybridized carbons (Fsp3) is 0.250. The number of amides is 3. The summed E-state index contributed by atoms with van der Waals surface area (Å²) < 4.78 is 7.24. The Morgan fingerprint density at radius 1 is 1.05 bits per heavy atom. The monoisotopic (exact) mass is 508 g/mol. The van der Waals surface area contributed by atoms with Gasteiger partial charge in [-0.1, -0.05) is 24.3 Å². The van der Waals surface area contributed by atoms with Crippen molar-refractivity contribution in [1.29, 1.82) is 0 Å². The molecule has 4 aliphatic rings. The fourth-order valence-corrected chi connectivity index (χ4v) is 5.86. The Kier molecular flexibility index (Phi) is 5.05. The molecule has 0 aliphatic carbocycles. The molecule has 7 rings (SSSR count). The molecule has 2 aromatic heterocycles. The zero-order valence-electron chi connectivity index (χ0n) is 20.7. The van der Waals surface area contributed by atoms with E-state index >= 15 is 0 Å². The van der Waals surface area contributed by atoms with Gasteiger partial charge in [0, 0.05) is 43.7 Å². The molecule has 0 bridgehead atoms. The number of fused-ring (bicyclic) bond motifs is 1. The lowest BCUT2D eigenvalue weighted by molar-refractivity contribution is -0.136. The summed E-state index contributed by atoms with van der Waals surface area (Å²) in [5, 5.41) is 2.47. The Hall–Kier alpha value is -4.57. The summed E-state index contributed by atoms with van der Waals surface area (Å²) in [6, 6.07) is 11.0. The van der Waals surface area contributed by atoms with E-state index in [4.69, 9.17) is 4.74 Å². The van der Waals surface area contributed by atoms with Gasteiger partial charge in [-0.3, -0.25) is 29.1 Å². The minimum atomic E-state index is -0.507. The Labute approximate surface area is 217 Å². The molecule has 1 unspecified atom stereocenters. The van der Waals surface area contributed by atoms with Gasteiger partial charge in [0.05, 0.1) is 47.1 Å². The molecule has 1 N–H and O–H groups in total. The van der Waals surface area contributed by atoms with Crippen LogP contribution < -0.4 is 10.2 Å². The third kappa shape index (κ3) is 3.26. The van der Waals surface area contributed by atoms with Crippen molar-refractivity contribution < 1.29 is 19.1 Å². The molecule has 1 saturated heterocycles. The van der Waals surface area contributed by atoms with Crippen LogP contribution in [0.1, 0.15) is 22.5 Å². The number of para-hydroxylation sites is 1. The van der Waals surface area contributed by atoms with E-state index in [2.05, 4.69) is 15.3 Å². The van der Waals surface area contributed by atoms with Crippen LogP contribution in [0, 0.1) is 6.92 Å². The van der Waals surface area contributed by atoms with Crippen LogP contribution in [0.5, 0.6) is 0 Å². The Bertz CT molecular complexity index is 1640. The van der Waals surface area contributed by atoms with Crippen LogP contribution in [0.2, 0.25) is 0 Å². The number of benzene rings is 1. The molecule has 1 atom stereocenters. The topological polar surface area (TPSA) is 109 Å². The van der Waals surface area contributed by atoms with E-state index in [-0.39, 0.29) is 17.1 Å². The molecular formula is C28H24N6O4. The smallest absolute Gasteiger partial charge is 0.261 e. The number of rotatable bonds is 3. The van der Waals surface area contributed by atoms with Gasteiger partial charge in [-0.05, 0) is 24.6 Å². The highest BCUT2D eigenvalue weighted by Gasteiger charge is 2.42. The first-order valence-corrected chi connectivity index (χ1v) is 12.6. The number of morpholine rings is 1. The largest absolute Gasteiger partial charge is 0.378 e. The number of nitrogens with zero attached hydrogens (tertiary/aromatic N) is 5. The van der Waals surface area contributed by atoms with Gasteiger partial charge in [0.1, 0.15) is 11.7 Å². The number of ether oxygens (including phenoxy) is 1. The third-order valence-electron chi connectivity index (χ3n) is 7.53. The van der Waals surface area contributed by atoms with E-state index in [1.54, 1.807) is 12.4 Å². The van der Waals surface area contributed by atoms with Crippen molar-refractivity contribution in [1.82, 2.24) is 19.6 Å².